The average Bonchev–Trinajstić information content (AvgIpc) is 3.40. The Morgan fingerprint density at radius 1 is 1.14 bits per heavy atom. The summed E-state index contributed by atoms with van der Waals surface area (Å²) in [7, 11) is 0. The van der Waals surface area contributed by atoms with Crippen molar-refractivity contribution >= 4 is 5.82 Å². The largest absolute Gasteiger partial charge is 0.377 e. The minimum Gasteiger partial charge on any atom is -0.377 e. The van der Waals surface area contributed by atoms with Crippen LogP contribution in [0.3, 0.4) is 0 Å². The van der Waals surface area contributed by atoms with Gasteiger partial charge in [-0.05, 0) is 31.2 Å². The van der Waals surface area contributed by atoms with Gasteiger partial charge in [0.2, 0.25) is 0 Å². The van der Waals surface area contributed by atoms with E-state index in [1.54, 1.807) is 29.5 Å². The van der Waals surface area contributed by atoms with Crippen LogP contribution < -0.4 is 10.9 Å². The SMILES string of the molecule is O=c1cc2c(nn1C1COCC1Nc1cncc(-n3cncn3)n1)CCCC2. The lowest BCUT2D eigenvalue weighted by atomic mass is 9.97. The van der Waals surface area contributed by atoms with Crippen LogP contribution in [-0.2, 0) is 17.6 Å². The molecule has 4 heterocycles. The maximum absolute atomic E-state index is 12.7. The summed E-state index contributed by atoms with van der Waals surface area (Å²) in [6.07, 6.45) is 10.3. The maximum atomic E-state index is 12.7. The van der Waals surface area contributed by atoms with E-state index in [4.69, 9.17) is 4.74 Å². The second kappa shape index (κ2) is 7.12. The summed E-state index contributed by atoms with van der Waals surface area (Å²) in [5, 5.41) is 12.1. The molecule has 1 aliphatic carbocycles. The molecule has 1 fully saturated rings. The highest BCUT2D eigenvalue weighted by atomic mass is 16.5. The third-order valence-corrected chi connectivity index (χ3v) is 5.21. The minimum absolute atomic E-state index is 0.0783. The Labute approximate surface area is 160 Å². The highest BCUT2D eigenvalue weighted by Gasteiger charge is 2.32. The molecule has 0 aromatic carbocycles. The molecule has 0 saturated carbocycles. The molecule has 5 rings (SSSR count). The number of aryl methyl sites for hydroxylation is 2. The van der Waals surface area contributed by atoms with E-state index in [1.165, 1.54) is 11.0 Å². The van der Waals surface area contributed by atoms with E-state index in [-0.39, 0.29) is 17.6 Å². The zero-order chi connectivity index (χ0) is 18.9. The predicted molar refractivity (Wildman–Crippen MR) is 99.4 cm³/mol. The Morgan fingerprint density at radius 3 is 2.96 bits per heavy atom. The van der Waals surface area contributed by atoms with Gasteiger partial charge in [0, 0.05) is 6.07 Å². The molecule has 2 aliphatic rings. The molecule has 10 nitrogen and oxygen atoms in total. The topological polar surface area (TPSA) is 113 Å². The Morgan fingerprint density at radius 2 is 2.07 bits per heavy atom. The van der Waals surface area contributed by atoms with Crippen molar-refractivity contribution in [1.29, 1.82) is 0 Å². The zero-order valence-corrected chi connectivity index (χ0v) is 15.2. The molecule has 2 unspecified atom stereocenters. The highest BCUT2D eigenvalue weighted by molar-refractivity contribution is 5.37. The van der Waals surface area contributed by atoms with Gasteiger partial charge in [-0.3, -0.25) is 9.78 Å². The third kappa shape index (κ3) is 3.15. The Bertz CT molecular complexity index is 1030. The molecule has 1 saturated heterocycles. The van der Waals surface area contributed by atoms with Crippen LogP contribution in [0.2, 0.25) is 0 Å². The van der Waals surface area contributed by atoms with E-state index < -0.39 is 0 Å². The number of nitrogens with one attached hydrogen (secondary N) is 1. The van der Waals surface area contributed by atoms with E-state index in [2.05, 4.69) is 30.5 Å². The molecule has 1 N–H and O–H groups in total. The number of hydrogen-bond acceptors (Lipinski definition) is 8. The van der Waals surface area contributed by atoms with Crippen LogP contribution in [0.5, 0.6) is 0 Å². The van der Waals surface area contributed by atoms with Crippen LogP contribution >= 0.6 is 0 Å². The van der Waals surface area contributed by atoms with Gasteiger partial charge in [0.1, 0.15) is 24.5 Å². The Balaban J connectivity index is 1.41. The summed E-state index contributed by atoms with van der Waals surface area (Å²) < 4.78 is 8.77. The molecule has 28 heavy (non-hydrogen) atoms. The van der Waals surface area contributed by atoms with Crippen molar-refractivity contribution in [2.24, 2.45) is 0 Å². The number of fused-ring (bicyclic) bond motifs is 1. The molecule has 0 radical (unpaired) electrons. The average molecular weight is 380 g/mol. The van der Waals surface area contributed by atoms with Gasteiger partial charge in [0.15, 0.2) is 5.82 Å². The number of aromatic nitrogens is 7. The summed E-state index contributed by atoms with van der Waals surface area (Å²) in [5.74, 6) is 1.14. The lowest BCUT2D eigenvalue weighted by Crippen LogP contribution is -2.38. The molecule has 10 heteroatoms. The number of nitrogens with zero attached hydrogens (tertiary/aromatic N) is 7. The first-order valence-corrected chi connectivity index (χ1v) is 9.41. The number of anilines is 1. The molecular weight excluding hydrogens is 360 g/mol. The molecular formula is C18H20N8O2. The van der Waals surface area contributed by atoms with Crippen molar-refractivity contribution in [3.8, 4) is 5.82 Å². The molecule has 0 amide bonds. The number of hydrogen-bond donors (Lipinski definition) is 1. The first-order valence-electron chi connectivity index (χ1n) is 9.41. The molecule has 144 valence electrons. The second-order valence-electron chi connectivity index (χ2n) is 7.06. The molecule has 0 spiro atoms. The van der Waals surface area contributed by atoms with Gasteiger partial charge in [-0.1, -0.05) is 0 Å². The van der Waals surface area contributed by atoms with Gasteiger partial charge < -0.3 is 10.1 Å². The van der Waals surface area contributed by atoms with Gasteiger partial charge >= 0.3 is 0 Å². The van der Waals surface area contributed by atoms with Crippen molar-refractivity contribution < 1.29 is 4.74 Å². The van der Waals surface area contributed by atoms with Crippen LogP contribution in [0, 0.1) is 0 Å². The van der Waals surface area contributed by atoms with E-state index in [0.29, 0.717) is 24.8 Å². The Kier molecular flexibility index (Phi) is 4.32. The summed E-state index contributed by atoms with van der Waals surface area (Å²) in [5.41, 5.74) is 2.04. The van der Waals surface area contributed by atoms with Gasteiger partial charge in [-0.15, -0.1) is 0 Å². The fourth-order valence-electron chi connectivity index (χ4n) is 3.79. The number of rotatable bonds is 4. The molecule has 1 aliphatic heterocycles. The maximum Gasteiger partial charge on any atom is 0.267 e. The second-order valence-corrected chi connectivity index (χ2v) is 7.06. The normalized spacial score (nSPS) is 21.4. The van der Waals surface area contributed by atoms with E-state index >= 15 is 0 Å². The van der Waals surface area contributed by atoms with Gasteiger partial charge in [0.25, 0.3) is 5.56 Å². The summed E-state index contributed by atoms with van der Waals surface area (Å²) in [6, 6.07) is 1.41. The van der Waals surface area contributed by atoms with Crippen molar-refractivity contribution in [3.63, 3.8) is 0 Å². The summed E-state index contributed by atoms with van der Waals surface area (Å²) in [6.45, 7) is 0.894. The van der Waals surface area contributed by atoms with Crippen LogP contribution in [0.1, 0.15) is 30.1 Å². The monoisotopic (exact) mass is 380 g/mol. The quantitative estimate of drug-likeness (QED) is 0.698. The van der Waals surface area contributed by atoms with Crippen LogP contribution in [0.25, 0.3) is 5.82 Å². The number of ether oxygens (including phenoxy) is 1. The van der Waals surface area contributed by atoms with Crippen molar-refractivity contribution in [1.82, 2.24) is 34.5 Å². The first-order chi connectivity index (χ1) is 13.8. The highest BCUT2D eigenvalue weighted by Crippen LogP contribution is 2.23. The van der Waals surface area contributed by atoms with E-state index in [1.807, 2.05) is 0 Å². The van der Waals surface area contributed by atoms with Crippen LogP contribution in [0.15, 0.2) is 35.9 Å². The zero-order valence-electron chi connectivity index (χ0n) is 15.2. The van der Waals surface area contributed by atoms with Gasteiger partial charge in [0.05, 0.1) is 37.3 Å². The molecule has 3 aromatic heterocycles. The van der Waals surface area contributed by atoms with Gasteiger partial charge in [-0.2, -0.15) is 10.2 Å². The Hall–Kier alpha value is -3.14. The molecule has 0 bridgehead atoms. The lowest BCUT2D eigenvalue weighted by molar-refractivity contribution is 0.182. The fourth-order valence-corrected chi connectivity index (χ4v) is 3.79. The summed E-state index contributed by atoms with van der Waals surface area (Å²) >= 11 is 0. The van der Waals surface area contributed by atoms with Crippen LogP contribution in [-0.4, -0.2) is 53.8 Å². The van der Waals surface area contributed by atoms with Crippen molar-refractivity contribution in [3.05, 3.63) is 52.7 Å². The minimum atomic E-state index is -0.198. The van der Waals surface area contributed by atoms with Gasteiger partial charge in [-0.25, -0.2) is 19.3 Å². The van der Waals surface area contributed by atoms with Crippen LogP contribution in [0.4, 0.5) is 5.82 Å². The smallest absolute Gasteiger partial charge is 0.267 e. The first kappa shape index (κ1) is 17.0. The van der Waals surface area contributed by atoms with E-state index in [0.717, 1.165) is 36.9 Å². The fraction of sp³-hybridized carbons (Fsp3) is 0.444. The van der Waals surface area contributed by atoms with Crippen molar-refractivity contribution in [2.45, 2.75) is 37.8 Å². The molecule has 3 aromatic rings. The van der Waals surface area contributed by atoms with Crippen molar-refractivity contribution in [2.75, 3.05) is 18.5 Å². The third-order valence-electron chi connectivity index (χ3n) is 5.21. The lowest BCUT2D eigenvalue weighted by Gasteiger charge is -2.23. The standard InChI is InChI=1S/C18H20N8O2/c27-18-5-12-3-1-2-4-13(12)24-26(18)15-9-28-8-14(15)22-16-6-19-7-17(23-16)25-11-20-10-21-25/h5-7,10-11,14-15H,1-4,8-9H2,(H,22,23). The molecule has 2 atom stereocenters. The predicted octanol–water partition coefficient (Wildman–Crippen LogP) is 0.545. The summed E-state index contributed by atoms with van der Waals surface area (Å²) in [4.78, 5) is 25.3. The van der Waals surface area contributed by atoms with E-state index in [9.17, 15) is 4.79 Å².